The van der Waals surface area contributed by atoms with Gasteiger partial charge >= 0.3 is 6.03 Å². The van der Waals surface area contributed by atoms with Crippen LogP contribution in [0.15, 0.2) is 54.6 Å². The molecule has 4 heteroatoms. The van der Waals surface area contributed by atoms with Gasteiger partial charge in [-0.1, -0.05) is 61.5 Å². The van der Waals surface area contributed by atoms with Crippen molar-refractivity contribution in [2.24, 2.45) is 0 Å². The molecule has 24 heavy (non-hydrogen) atoms. The van der Waals surface area contributed by atoms with Crippen LogP contribution in [0.2, 0.25) is 0 Å². The Bertz CT molecular complexity index is 629. The Morgan fingerprint density at radius 3 is 2.42 bits per heavy atom. The predicted molar refractivity (Wildman–Crippen MR) is 96.5 cm³/mol. The minimum absolute atomic E-state index is 0.0393. The SMILES string of the molecule is CCCN(C)C(=O)NCc1cccc(COCc2ccccc2)c1. The summed E-state index contributed by atoms with van der Waals surface area (Å²) < 4.78 is 5.76. The molecule has 0 aliphatic rings. The molecule has 2 aromatic rings. The molecule has 0 aromatic heterocycles. The number of urea groups is 1. The van der Waals surface area contributed by atoms with Crippen molar-refractivity contribution >= 4 is 6.03 Å². The van der Waals surface area contributed by atoms with Gasteiger partial charge in [-0.2, -0.15) is 0 Å². The lowest BCUT2D eigenvalue weighted by molar-refractivity contribution is 0.107. The molecule has 2 aromatic carbocycles. The van der Waals surface area contributed by atoms with Gasteiger partial charge in [0.25, 0.3) is 0 Å². The maximum atomic E-state index is 11.9. The molecular weight excluding hydrogens is 300 g/mol. The number of ether oxygens (including phenoxy) is 1. The quantitative estimate of drug-likeness (QED) is 0.798. The van der Waals surface area contributed by atoms with E-state index in [1.807, 2.05) is 43.4 Å². The number of carbonyl (C=O) groups excluding carboxylic acids is 1. The Balaban J connectivity index is 1.79. The first-order valence-corrected chi connectivity index (χ1v) is 8.37. The predicted octanol–water partition coefficient (Wildman–Crippen LogP) is 3.95. The van der Waals surface area contributed by atoms with Gasteiger partial charge in [0, 0.05) is 20.1 Å². The number of amides is 2. The van der Waals surface area contributed by atoms with E-state index in [9.17, 15) is 4.79 Å². The second-order valence-electron chi connectivity index (χ2n) is 5.88. The first kappa shape index (κ1) is 18.0. The van der Waals surface area contributed by atoms with E-state index in [1.165, 1.54) is 5.56 Å². The van der Waals surface area contributed by atoms with E-state index < -0.39 is 0 Å². The van der Waals surface area contributed by atoms with Crippen LogP contribution in [0.3, 0.4) is 0 Å². The lowest BCUT2D eigenvalue weighted by Gasteiger charge is -2.17. The maximum absolute atomic E-state index is 11.9. The van der Waals surface area contributed by atoms with Gasteiger partial charge in [-0.25, -0.2) is 4.79 Å². The van der Waals surface area contributed by atoms with Gasteiger partial charge in [0.05, 0.1) is 13.2 Å². The van der Waals surface area contributed by atoms with Crippen molar-refractivity contribution in [1.29, 1.82) is 0 Å². The van der Waals surface area contributed by atoms with Gasteiger partial charge in [0.15, 0.2) is 0 Å². The molecular formula is C20H26N2O2. The molecule has 0 spiro atoms. The third-order valence-electron chi connectivity index (χ3n) is 3.72. The monoisotopic (exact) mass is 326 g/mol. The summed E-state index contributed by atoms with van der Waals surface area (Å²) in [4.78, 5) is 13.6. The fourth-order valence-electron chi connectivity index (χ4n) is 2.44. The van der Waals surface area contributed by atoms with Crippen molar-refractivity contribution in [3.8, 4) is 0 Å². The van der Waals surface area contributed by atoms with E-state index in [4.69, 9.17) is 4.74 Å². The van der Waals surface area contributed by atoms with Crippen LogP contribution >= 0.6 is 0 Å². The molecule has 0 aliphatic heterocycles. The molecule has 4 nitrogen and oxygen atoms in total. The summed E-state index contributed by atoms with van der Waals surface area (Å²) in [5, 5.41) is 2.94. The highest BCUT2D eigenvalue weighted by Gasteiger charge is 2.06. The van der Waals surface area contributed by atoms with Crippen molar-refractivity contribution in [2.75, 3.05) is 13.6 Å². The number of hydrogen-bond donors (Lipinski definition) is 1. The Kier molecular flexibility index (Phi) is 7.30. The number of rotatable bonds is 8. The van der Waals surface area contributed by atoms with E-state index >= 15 is 0 Å². The fourth-order valence-corrected chi connectivity index (χ4v) is 2.44. The zero-order valence-electron chi connectivity index (χ0n) is 14.5. The molecule has 1 N–H and O–H groups in total. The average Bonchev–Trinajstić information content (AvgIpc) is 2.61. The maximum Gasteiger partial charge on any atom is 0.317 e. The van der Waals surface area contributed by atoms with Crippen LogP contribution in [-0.4, -0.2) is 24.5 Å². The van der Waals surface area contributed by atoms with Crippen LogP contribution in [0.5, 0.6) is 0 Å². The van der Waals surface area contributed by atoms with Crippen molar-refractivity contribution in [2.45, 2.75) is 33.1 Å². The van der Waals surface area contributed by atoms with Crippen LogP contribution < -0.4 is 5.32 Å². The van der Waals surface area contributed by atoms with E-state index in [0.717, 1.165) is 24.1 Å². The summed E-state index contributed by atoms with van der Waals surface area (Å²) in [6, 6.07) is 18.2. The van der Waals surface area contributed by atoms with E-state index in [-0.39, 0.29) is 6.03 Å². The van der Waals surface area contributed by atoms with Crippen LogP contribution in [-0.2, 0) is 24.5 Å². The molecule has 0 bridgehead atoms. The Morgan fingerprint density at radius 2 is 1.67 bits per heavy atom. The van der Waals surface area contributed by atoms with E-state index in [0.29, 0.717) is 19.8 Å². The second-order valence-corrected chi connectivity index (χ2v) is 5.88. The number of nitrogens with one attached hydrogen (secondary N) is 1. The Labute approximate surface area is 144 Å². The van der Waals surface area contributed by atoms with Crippen molar-refractivity contribution in [3.05, 3.63) is 71.3 Å². The molecule has 0 aliphatic carbocycles. The standard InChI is InChI=1S/C20H26N2O2/c1-3-12-22(2)20(23)21-14-18-10-7-11-19(13-18)16-24-15-17-8-5-4-6-9-17/h4-11,13H,3,12,14-16H2,1-2H3,(H,21,23). The fraction of sp³-hybridized carbons (Fsp3) is 0.350. The van der Waals surface area contributed by atoms with Gasteiger partial charge in [-0.3, -0.25) is 0 Å². The highest BCUT2D eigenvalue weighted by molar-refractivity contribution is 5.73. The summed E-state index contributed by atoms with van der Waals surface area (Å²) >= 11 is 0. The molecule has 128 valence electrons. The van der Waals surface area contributed by atoms with Crippen molar-refractivity contribution in [1.82, 2.24) is 10.2 Å². The lowest BCUT2D eigenvalue weighted by Crippen LogP contribution is -2.37. The summed E-state index contributed by atoms with van der Waals surface area (Å²) in [6.07, 6.45) is 0.957. The summed E-state index contributed by atoms with van der Waals surface area (Å²) in [7, 11) is 1.81. The van der Waals surface area contributed by atoms with Crippen molar-refractivity contribution < 1.29 is 9.53 Å². The van der Waals surface area contributed by atoms with E-state index in [1.54, 1.807) is 4.90 Å². The summed E-state index contributed by atoms with van der Waals surface area (Å²) in [5.74, 6) is 0. The smallest absolute Gasteiger partial charge is 0.317 e. The van der Waals surface area contributed by atoms with Gasteiger partial charge in [0.2, 0.25) is 0 Å². The molecule has 0 atom stereocenters. The molecule has 0 unspecified atom stereocenters. The third kappa shape index (κ3) is 6.05. The van der Waals surface area contributed by atoms with Crippen molar-refractivity contribution in [3.63, 3.8) is 0 Å². The third-order valence-corrected chi connectivity index (χ3v) is 3.72. The number of benzene rings is 2. The first-order chi connectivity index (χ1) is 11.7. The van der Waals surface area contributed by atoms with Gasteiger partial charge in [-0.05, 0) is 23.1 Å². The number of carbonyl (C=O) groups is 1. The molecule has 2 amide bonds. The van der Waals surface area contributed by atoms with E-state index in [2.05, 4.69) is 30.4 Å². The first-order valence-electron chi connectivity index (χ1n) is 8.37. The van der Waals surface area contributed by atoms with Gasteiger partial charge in [-0.15, -0.1) is 0 Å². The minimum Gasteiger partial charge on any atom is -0.372 e. The lowest BCUT2D eigenvalue weighted by atomic mass is 10.1. The molecule has 0 fully saturated rings. The zero-order chi connectivity index (χ0) is 17.2. The highest BCUT2D eigenvalue weighted by atomic mass is 16.5. The number of hydrogen-bond acceptors (Lipinski definition) is 2. The molecule has 0 radical (unpaired) electrons. The van der Waals surface area contributed by atoms with Crippen LogP contribution in [0.1, 0.15) is 30.0 Å². The normalized spacial score (nSPS) is 10.4. The van der Waals surface area contributed by atoms with Crippen LogP contribution in [0, 0.1) is 0 Å². The summed E-state index contributed by atoms with van der Waals surface area (Å²) in [6.45, 7) is 4.51. The zero-order valence-corrected chi connectivity index (χ0v) is 14.5. The summed E-state index contributed by atoms with van der Waals surface area (Å²) in [5.41, 5.74) is 3.36. The topological polar surface area (TPSA) is 41.6 Å². The Hall–Kier alpha value is -2.33. The molecule has 0 heterocycles. The highest BCUT2D eigenvalue weighted by Crippen LogP contribution is 2.09. The molecule has 0 saturated carbocycles. The molecule has 2 rings (SSSR count). The van der Waals surface area contributed by atoms with Gasteiger partial charge < -0.3 is 15.0 Å². The van der Waals surface area contributed by atoms with Gasteiger partial charge in [0.1, 0.15) is 0 Å². The number of nitrogens with zero attached hydrogens (tertiary/aromatic N) is 1. The minimum atomic E-state index is -0.0393. The van der Waals surface area contributed by atoms with Crippen LogP contribution in [0.4, 0.5) is 4.79 Å². The largest absolute Gasteiger partial charge is 0.372 e. The van der Waals surface area contributed by atoms with Crippen LogP contribution in [0.25, 0.3) is 0 Å². The second kappa shape index (κ2) is 9.73. The Morgan fingerprint density at radius 1 is 1.00 bits per heavy atom. The molecule has 0 saturated heterocycles. The average molecular weight is 326 g/mol.